The number of nitrogens with one attached hydrogen (secondary N) is 1. The van der Waals surface area contributed by atoms with Crippen molar-refractivity contribution in [3.05, 3.63) is 47.7 Å². The molecule has 0 saturated heterocycles. The van der Waals surface area contributed by atoms with Crippen LogP contribution in [0.2, 0.25) is 0 Å². The van der Waals surface area contributed by atoms with Crippen LogP contribution in [0.4, 0.5) is 11.5 Å². The third-order valence-corrected chi connectivity index (χ3v) is 2.45. The number of hydrogen-bond donors (Lipinski definition) is 3. The minimum absolute atomic E-state index is 0.111. The highest BCUT2D eigenvalue weighted by Gasteiger charge is 2.08. The summed E-state index contributed by atoms with van der Waals surface area (Å²) >= 11 is 0. The molecule has 0 unspecified atom stereocenters. The number of anilines is 2. The van der Waals surface area contributed by atoms with Crippen LogP contribution in [-0.4, -0.2) is 16.0 Å². The van der Waals surface area contributed by atoms with E-state index < -0.39 is 0 Å². The standard InChI is InChI=1S/C13H13N3O2/c1-8-4-5-15-12(6-8)16-13(18)9-2-3-10(14)11(17)7-9/h2-7,17H,14H2,1H3,(H,15,16,18). The van der Waals surface area contributed by atoms with Gasteiger partial charge in [0.2, 0.25) is 0 Å². The summed E-state index contributed by atoms with van der Waals surface area (Å²) in [4.78, 5) is 15.9. The lowest BCUT2D eigenvalue weighted by atomic mass is 10.2. The van der Waals surface area contributed by atoms with E-state index in [1.165, 1.54) is 12.1 Å². The molecule has 1 aromatic carbocycles. The van der Waals surface area contributed by atoms with Crippen LogP contribution in [0.25, 0.3) is 0 Å². The molecular weight excluding hydrogens is 230 g/mol. The van der Waals surface area contributed by atoms with Gasteiger partial charge in [0.05, 0.1) is 5.69 Å². The van der Waals surface area contributed by atoms with Crippen LogP contribution in [0.15, 0.2) is 36.5 Å². The Hall–Kier alpha value is -2.56. The first-order valence-corrected chi connectivity index (χ1v) is 5.39. The van der Waals surface area contributed by atoms with E-state index in [1.807, 2.05) is 13.0 Å². The second kappa shape index (κ2) is 4.75. The molecule has 0 saturated carbocycles. The van der Waals surface area contributed by atoms with Crippen LogP contribution in [0.5, 0.6) is 5.75 Å². The van der Waals surface area contributed by atoms with E-state index in [4.69, 9.17) is 5.73 Å². The average Bonchev–Trinajstić information content (AvgIpc) is 2.32. The Labute approximate surface area is 104 Å². The topological polar surface area (TPSA) is 88.2 Å². The highest BCUT2D eigenvalue weighted by Crippen LogP contribution is 2.21. The number of carbonyl (C=O) groups is 1. The molecule has 0 bridgehead atoms. The van der Waals surface area contributed by atoms with Crippen molar-refractivity contribution in [2.75, 3.05) is 11.1 Å². The van der Waals surface area contributed by atoms with Gasteiger partial charge in [-0.25, -0.2) is 4.98 Å². The van der Waals surface area contributed by atoms with E-state index in [0.717, 1.165) is 5.56 Å². The number of nitrogen functional groups attached to an aromatic ring is 1. The van der Waals surface area contributed by atoms with Gasteiger partial charge >= 0.3 is 0 Å². The molecule has 0 aliphatic carbocycles. The normalized spacial score (nSPS) is 10.1. The molecule has 92 valence electrons. The lowest BCUT2D eigenvalue weighted by Crippen LogP contribution is -2.13. The molecule has 0 aliphatic heterocycles. The predicted octanol–water partition coefficient (Wildman–Crippen LogP) is 1.93. The highest BCUT2D eigenvalue weighted by molar-refractivity contribution is 6.04. The Bertz CT molecular complexity index is 597. The number of carbonyl (C=O) groups excluding carboxylic acids is 1. The third-order valence-electron chi connectivity index (χ3n) is 2.45. The van der Waals surface area contributed by atoms with Gasteiger partial charge < -0.3 is 16.2 Å². The van der Waals surface area contributed by atoms with Crippen LogP contribution < -0.4 is 11.1 Å². The summed E-state index contributed by atoms with van der Waals surface area (Å²) in [6, 6.07) is 7.94. The quantitative estimate of drug-likeness (QED) is 0.555. The molecule has 2 aromatic rings. The summed E-state index contributed by atoms with van der Waals surface area (Å²) in [5.41, 5.74) is 7.03. The van der Waals surface area contributed by atoms with E-state index >= 15 is 0 Å². The lowest BCUT2D eigenvalue weighted by molar-refractivity contribution is 0.102. The molecule has 18 heavy (non-hydrogen) atoms. The first kappa shape index (κ1) is 11.9. The number of aromatic nitrogens is 1. The third kappa shape index (κ3) is 2.57. The van der Waals surface area contributed by atoms with E-state index in [0.29, 0.717) is 11.4 Å². The Morgan fingerprint density at radius 2 is 2.11 bits per heavy atom. The van der Waals surface area contributed by atoms with Gasteiger partial charge in [-0.3, -0.25) is 4.79 Å². The van der Waals surface area contributed by atoms with E-state index in [2.05, 4.69) is 10.3 Å². The van der Waals surface area contributed by atoms with Gasteiger partial charge in [-0.05, 0) is 42.8 Å². The zero-order valence-corrected chi connectivity index (χ0v) is 9.84. The first-order chi connectivity index (χ1) is 8.56. The maximum absolute atomic E-state index is 11.9. The minimum atomic E-state index is -0.344. The summed E-state index contributed by atoms with van der Waals surface area (Å²) in [6.07, 6.45) is 1.62. The molecule has 2 rings (SSSR count). The van der Waals surface area contributed by atoms with Crippen molar-refractivity contribution >= 4 is 17.4 Å². The lowest BCUT2D eigenvalue weighted by Gasteiger charge is -2.06. The molecule has 0 fully saturated rings. The van der Waals surface area contributed by atoms with Gasteiger partial charge in [-0.2, -0.15) is 0 Å². The summed E-state index contributed by atoms with van der Waals surface area (Å²) < 4.78 is 0. The second-order valence-electron chi connectivity index (χ2n) is 3.95. The van der Waals surface area contributed by atoms with Gasteiger partial charge in [-0.15, -0.1) is 0 Å². The summed E-state index contributed by atoms with van der Waals surface area (Å²) in [5.74, 6) is 0.0135. The Morgan fingerprint density at radius 3 is 2.78 bits per heavy atom. The van der Waals surface area contributed by atoms with Crippen LogP contribution in [-0.2, 0) is 0 Å². The van der Waals surface area contributed by atoms with Crippen LogP contribution in [0.1, 0.15) is 15.9 Å². The molecule has 0 aliphatic rings. The Balaban J connectivity index is 2.19. The fraction of sp³-hybridized carbons (Fsp3) is 0.0769. The average molecular weight is 243 g/mol. The highest BCUT2D eigenvalue weighted by atomic mass is 16.3. The minimum Gasteiger partial charge on any atom is -0.506 e. The van der Waals surface area contributed by atoms with Crippen LogP contribution >= 0.6 is 0 Å². The number of nitrogens with two attached hydrogens (primary N) is 1. The van der Waals surface area contributed by atoms with Crippen molar-refractivity contribution in [3.63, 3.8) is 0 Å². The fourth-order valence-electron chi connectivity index (χ4n) is 1.48. The molecule has 5 heteroatoms. The number of aryl methyl sites for hydroxylation is 1. The largest absolute Gasteiger partial charge is 0.506 e. The maximum atomic E-state index is 11.9. The van der Waals surface area contributed by atoms with Gasteiger partial charge in [0, 0.05) is 11.8 Å². The molecule has 1 heterocycles. The number of phenolic OH excluding ortho intramolecular Hbond substituents is 1. The van der Waals surface area contributed by atoms with Crippen molar-refractivity contribution in [3.8, 4) is 5.75 Å². The molecule has 1 aromatic heterocycles. The SMILES string of the molecule is Cc1ccnc(NC(=O)c2ccc(N)c(O)c2)c1. The van der Waals surface area contributed by atoms with E-state index in [-0.39, 0.29) is 17.3 Å². The molecule has 0 radical (unpaired) electrons. The van der Waals surface area contributed by atoms with Gasteiger partial charge in [0.15, 0.2) is 0 Å². The van der Waals surface area contributed by atoms with Crippen LogP contribution in [0.3, 0.4) is 0 Å². The Morgan fingerprint density at radius 1 is 1.33 bits per heavy atom. The summed E-state index contributed by atoms with van der Waals surface area (Å²) in [6.45, 7) is 1.91. The number of phenols is 1. The van der Waals surface area contributed by atoms with Crippen molar-refractivity contribution in [1.29, 1.82) is 0 Å². The molecule has 4 N–H and O–H groups in total. The number of benzene rings is 1. The predicted molar refractivity (Wildman–Crippen MR) is 69.4 cm³/mol. The maximum Gasteiger partial charge on any atom is 0.256 e. The number of nitrogens with zero attached hydrogens (tertiary/aromatic N) is 1. The van der Waals surface area contributed by atoms with E-state index in [1.54, 1.807) is 18.3 Å². The monoisotopic (exact) mass is 243 g/mol. The van der Waals surface area contributed by atoms with Crippen molar-refractivity contribution in [2.45, 2.75) is 6.92 Å². The van der Waals surface area contributed by atoms with Gasteiger partial charge in [0.25, 0.3) is 5.91 Å². The number of aromatic hydroxyl groups is 1. The zero-order valence-electron chi connectivity index (χ0n) is 9.84. The molecule has 1 amide bonds. The summed E-state index contributed by atoms with van der Waals surface area (Å²) in [7, 11) is 0. The number of pyridine rings is 1. The second-order valence-corrected chi connectivity index (χ2v) is 3.95. The fourth-order valence-corrected chi connectivity index (χ4v) is 1.48. The van der Waals surface area contributed by atoms with Crippen molar-refractivity contribution in [1.82, 2.24) is 4.98 Å². The van der Waals surface area contributed by atoms with Crippen LogP contribution in [0, 0.1) is 6.92 Å². The van der Waals surface area contributed by atoms with E-state index in [9.17, 15) is 9.90 Å². The number of rotatable bonds is 2. The Kier molecular flexibility index (Phi) is 3.14. The van der Waals surface area contributed by atoms with Crippen molar-refractivity contribution in [2.24, 2.45) is 0 Å². The molecule has 5 nitrogen and oxygen atoms in total. The molecular formula is C13H13N3O2. The number of hydrogen-bond acceptors (Lipinski definition) is 4. The van der Waals surface area contributed by atoms with Crippen molar-refractivity contribution < 1.29 is 9.90 Å². The zero-order chi connectivity index (χ0) is 13.1. The molecule has 0 atom stereocenters. The first-order valence-electron chi connectivity index (χ1n) is 5.39. The molecule has 0 spiro atoms. The van der Waals surface area contributed by atoms with Gasteiger partial charge in [0.1, 0.15) is 11.6 Å². The summed E-state index contributed by atoms with van der Waals surface area (Å²) in [5, 5.41) is 12.1. The smallest absolute Gasteiger partial charge is 0.256 e. The van der Waals surface area contributed by atoms with Gasteiger partial charge in [-0.1, -0.05) is 0 Å². The number of amides is 1.